The lowest BCUT2D eigenvalue weighted by molar-refractivity contribution is -0.128. The molecule has 152 valence electrons. The largest absolute Gasteiger partial charge is 0.443 e. The van der Waals surface area contributed by atoms with Gasteiger partial charge in [0.1, 0.15) is 5.60 Å². The molecule has 1 fully saturated rings. The minimum atomic E-state index is -1.98. The van der Waals surface area contributed by atoms with E-state index in [2.05, 4.69) is 54.6 Å². The molecule has 0 aromatic heterocycles. The van der Waals surface area contributed by atoms with Gasteiger partial charge in [0.05, 0.1) is 12.6 Å². The molecule has 26 heavy (non-hydrogen) atoms. The van der Waals surface area contributed by atoms with Crippen molar-refractivity contribution in [2.75, 3.05) is 6.61 Å². The van der Waals surface area contributed by atoms with E-state index in [0.29, 0.717) is 13.0 Å². The molecule has 2 atom stereocenters. The smallest absolute Gasteiger partial charge is 0.417 e. The van der Waals surface area contributed by atoms with Gasteiger partial charge in [0, 0.05) is 6.42 Å². The molecule has 0 bridgehead atoms. The Morgan fingerprint density at radius 1 is 1.08 bits per heavy atom. The van der Waals surface area contributed by atoms with Crippen LogP contribution in [0.15, 0.2) is 0 Å². The first kappa shape index (κ1) is 23.2. The average Bonchev–Trinajstić information content (AvgIpc) is 2.69. The van der Waals surface area contributed by atoms with E-state index in [-0.39, 0.29) is 28.3 Å². The third-order valence-electron chi connectivity index (χ3n) is 5.58. The highest BCUT2D eigenvalue weighted by Gasteiger charge is 2.50. The van der Waals surface area contributed by atoms with Gasteiger partial charge in [-0.15, -0.1) is 0 Å². The topological polar surface area (TPSA) is 55.8 Å². The van der Waals surface area contributed by atoms with Crippen LogP contribution in [0, 0.1) is 11.3 Å². The maximum absolute atomic E-state index is 12.7. The Balaban J connectivity index is 3.11. The van der Waals surface area contributed by atoms with Gasteiger partial charge in [-0.05, 0) is 50.2 Å². The van der Waals surface area contributed by atoms with E-state index in [1.54, 1.807) is 0 Å². The summed E-state index contributed by atoms with van der Waals surface area (Å²) in [5.74, 6) is -0.115. The molecule has 6 heteroatoms. The average molecular weight is 386 g/mol. The number of amides is 2. The fourth-order valence-corrected chi connectivity index (χ4v) is 3.94. The molecule has 0 saturated carbocycles. The number of ether oxygens (including phenoxy) is 1. The SMILES string of the molecule is CC(C)(C)OC(=O)N1C(=O)C[C@H](C(C)(C)C)[C@H]1CO[Si](C)(C)C(C)(C)C. The van der Waals surface area contributed by atoms with Crippen molar-refractivity contribution >= 4 is 20.3 Å². The Labute approximate surface area is 160 Å². The molecule has 0 radical (unpaired) electrons. The predicted molar refractivity (Wildman–Crippen MR) is 108 cm³/mol. The van der Waals surface area contributed by atoms with Crippen LogP contribution in [0.2, 0.25) is 18.1 Å². The molecule has 1 aliphatic rings. The number of nitrogens with zero attached hydrogens (tertiary/aromatic N) is 1. The second kappa shape index (κ2) is 7.27. The maximum Gasteiger partial charge on any atom is 0.417 e. The molecule has 0 unspecified atom stereocenters. The second-order valence-electron chi connectivity index (χ2n) is 11.1. The Morgan fingerprint density at radius 2 is 1.58 bits per heavy atom. The predicted octanol–water partition coefficient (Wildman–Crippen LogP) is 5.21. The number of carbonyl (C=O) groups is 2. The van der Waals surface area contributed by atoms with Crippen molar-refractivity contribution in [3.05, 3.63) is 0 Å². The Kier molecular flexibility index (Phi) is 6.47. The van der Waals surface area contributed by atoms with Crippen LogP contribution in [-0.4, -0.2) is 43.5 Å². The van der Waals surface area contributed by atoms with Crippen molar-refractivity contribution in [2.24, 2.45) is 11.3 Å². The van der Waals surface area contributed by atoms with Gasteiger partial charge in [-0.3, -0.25) is 4.79 Å². The number of likely N-dealkylation sites (tertiary alicyclic amines) is 1. The molecule has 0 spiro atoms. The molecule has 2 amide bonds. The second-order valence-corrected chi connectivity index (χ2v) is 15.9. The normalized spacial score (nSPS) is 22.7. The molecule has 5 nitrogen and oxygen atoms in total. The quantitative estimate of drug-likeness (QED) is 0.626. The third-order valence-corrected chi connectivity index (χ3v) is 10.1. The van der Waals surface area contributed by atoms with E-state index in [1.165, 1.54) is 4.90 Å². The zero-order valence-corrected chi connectivity index (χ0v) is 19.6. The Bertz CT molecular complexity index is 537. The van der Waals surface area contributed by atoms with Crippen molar-refractivity contribution in [1.29, 1.82) is 0 Å². The lowest BCUT2D eigenvalue weighted by Crippen LogP contribution is -2.50. The molecule has 0 aromatic carbocycles. The highest BCUT2D eigenvalue weighted by molar-refractivity contribution is 6.74. The van der Waals surface area contributed by atoms with Crippen LogP contribution < -0.4 is 0 Å². The van der Waals surface area contributed by atoms with Crippen molar-refractivity contribution in [2.45, 2.75) is 98.5 Å². The van der Waals surface area contributed by atoms with Gasteiger partial charge in [-0.25, -0.2) is 9.69 Å². The van der Waals surface area contributed by atoms with E-state index in [0.717, 1.165) is 0 Å². The zero-order valence-electron chi connectivity index (χ0n) is 18.6. The summed E-state index contributed by atoms with van der Waals surface area (Å²) in [4.78, 5) is 26.7. The summed E-state index contributed by atoms with van der Waals surface area (Å²) in [6, 6.07) is -0.286. The summed E-state index contributed by atoms with van der Waals surface area (Å²) in [7, 11) is -1.98. The van der Waals surface area contributed by atoms with Crippen LogP contribution in [0.5, 0.6) is 0 Å². The third kappa shape index (κ3) is 5.56. The molecular formula is C20H39NO4Si. The molecule has 0 N–H and O–H groups in total. The highest BCUT2D eigenvalue weighted by Crippen LogP contribution is 2.42. The van der Waals surface area contributed by atoms with Crippen LogP contribution in [0.3, 0.4) is 0 Å². The fourth-order valence-electron chi connectivity index (χ4n) is 2.92. The van der Waals surface area contributed by atoms with E-state index in [9.17, 15) is 9.59 Å². The van der Waals surface area contributed by atoms with E-state index >= 15 is 0 Å². The molecule has 1 saturated heterocycles. The molecule has 1 rings (SSSR count). The first-order chi connectivity index (χ1) is 11.4. The van der Waals surface area contributed by atoms with Gasteiger partial charge in [-0.1, -0.05) is 41.5 Å². The molecule has 0 aliphatic carbocycles. The number of imide groups is 1. The summed E-state index contributed by atoms with van der Waals surface area (Å²) in [5.41, 5.74) is -0.740. The van der Waals surface area contributed by atoms with E-state index in [1.807, 2.05) is 20.8 Å². The summed E-state index contributed by atoms with van der Waals surface area (Å²) < 4.78 is 11.9. The summed E-state index contributed by atoms with van der Waals surface area (Å²) >= 11 is 0. The first-order valence-electron chi connectivity index (χ1n) is 9.56. The van der Waals surface area contributed by atoms with Crippen LogP contribution in [-0.2, 0) is 14.0 Å². The number of rotatable bonds is 3. The number of carbonyl (C=O) groups excluding carboxylic acids is 2. The number of hydrogen-bond donors (Lipinski definition) is 0. The minimum absolute atomic E-state index is 0.0484. The zero-order chi connectivity index (χ0) is 20.7. The Hall–Kier alpha value is -0.883. The van der Waals surface area contributed by atoms with Gasteiger partial charge >= 0.3 is 6.09 Å². The fraction of sp³-hybridized carbons (Fsp3) is 0.900. The van der Waals surface area contributed by atoms with Crippen molar-refractivity contribution in [1.82, 2.24) is 4.90 Å². The van der Waals surface area contributed by atoms with Gasteiger partial charge in [0.25, 0.3) is 0 Å². The lowest BCUT2D eigenvalue weighted by atomic mass is 9.76. The molecule has 0 aromatic rings. The van der Waals surface area contributed by atoms with Gasteiger partial charge in [-0.2, -0.15) is 0 Å². The van der Waals surface area contributed by atoms with Crippen molar-refractivity contribution < 1.29 is 18.8 Å². The van der Waals surface area contributed by atoms with Crippen LogP contribution in [0.1, 0.15) is 68.7 Å². The van der Waals surface area contributed by atoms with Crippen LogP contribution >= 0.6 is 0 Å². The van der Waals surface area contributed by atoms with Gasteiger partial charge < -0.3 is 9.16 Å². The van der Waals surface area contributed by atoms with E-state index < -0.39 is 20.0 Å². The first-order valence-corrected chi connectivity index (χ1v) is 12.5. The lowest BCUT2D eigenvalue weighted by Gasteiger charge is -2.40. The molecule has 1 heterocycles. The minimum Gasteiger partial charge on any atom is -0.443 e. The van der Waals surface area contributed by atoms with E-state index in [4.69, 9.17) is 9.16 Å². The Morgan fingerprint density at radius 3 is 1.96 bits per heavy atom. The summed E-state index contributed by atoms with van der Waals surface area (Å²) in [6.45, 7) is 23.1. The van der Waals surface area contributed by atoms with Crippen LogP contribution in [0.4, 0.5) is 4.79 Å². The summed E-state index contributed by atoms with van der Waals surface area (Å²) in [6.07, 6.45) is -0.202. The monoisotopic (exact) mass is 385 g/mol. The molecule has 1 aliphatic heterocycles. The van der Waals surface area contributed by atoms with Gasteiger partial charge in [0.2, 0.25) is 5.91 Å². The van der Waals surface area contributed by atoms with Crippen molar-refractivity contribution in [3.8, 4) is 0 Å². The highest BCUT2D eigenvalue weighted by atomic mass is 28.4. The molecular weight excluding hydrogens is 346 g/mol. The number of hydrogen-bond acceptors (Lipinski definition) is 4. The van der Waals surface area contributed by atoms with Crippen molar-refractivity contribution in [3.63, 3.8) is 0 Å². The van der Waals surface area contributed by atoms with Crippen LogP contribution in [0.25, 0.3) is 0 Å². The summed E-state index contributed by atoms with van der Waals surface area (Å²) in [5, 5.41) is 0.0730. The standard InChI is InChI=1S/C20H39NO4Si/c1-18(2,3)14-12-16(22)21(17(23)25-19(4,5)6)15(14)13-24-26(10,11)20(7,8)9/h14-15H,12-13H2,1-11H3/t14-,15+/m0/s1. The maximum atomic E-state index is 12.7. The van der Waals surface area contributed by atoms with Gasteiger partial charge in [0.15, 0.2) is 8.32 Å².